The van der Waals surface area contributed by atoms with Gasteiger partial charge in [-0.2, -0.15) is 5.26 Å². The van der Waals surface area contributed by atoms with Gasteiger partial charge >= 0.3 is 0 Å². The number of carbonyl (C=O) groups is 2. The first-order chi connectivity index (χ1) is 12.6. The molecule has 26 heavy (non-hydrogen) atoms. The Kier molecular flexibility index (Phi) is 5.25. The summed E-state index contributed by atoms with van der Waals surface area (Å²) in [6.07, 6.45) is 0. The van der Waals surface area contributed by atoms with Crippen molar-refractivity contribution in [2.75, 3.05) is 23.1 Å². The van der Waals surface area contributed by atoms with E-state index in [4.69, 9.17) is 4.74 Å². The van der Waals surface area contributed by atoms with E-state index in [0.717, 1.165) is 0 Å². The smallest absolute Gasteiger partial charge is 0.269 e. The van der Waals surface area contributed by atoms with Gasteiger partial charge in [-0.25, -0.2) is 0 Å². The van der Waals surface area contributed by atoms with Crippen molar-refractivity contribution in [3.8, 4) is 11.8 Å². The molecule has 1 aliphatic rings. The molecule has 0 atom stereocenters. The SMILES string of the molecule is COc1ccc(NC(=O)/C(C#N)=C2\SCC(=O)N2c2ccccc2)cc1. The molecule has 0 spiro atoms. The second-order valence-electron chi connectivity index (χ2n) is 5.33. The summed E-state index contributed by atoms with van der Waals surface area (Å²) >= 11 is 1.18. The van der Waals surface area contributed by atoms with Crippen LogP contribution in [0.25, 0.3) is 0 Å². The van der Waals surface area contributed by atoms with Gasteiger partial charge in [0.1, 0.15) is 22.4 Å². The van der Waals surface area contributed by atoms with Crippen LogP contribution in [-0.2, 0) is 9.59 Å². The summed E-state index contributed by atoms with van der Waals surface area (Å²) < 4.78 is 5.08. The average Bonchev–Trinajstić information content (AvgIpc) is 3.05. The number of nitrogens with zero attached hydrogens (tertiary/aromatic N) is 2. The third kappa shape index (κ3) is 3.55. The normalized spacial score (nSPS) is 15.4. The van der Waals surface area contributed by atoms with Crippen LogP contribution in [0.4, 0.5) is 11.4 Å². The lowest BCUT2D eigenvalue weighted by Crippen LogP contribution is -2.26. The summed E-state index contributed by atoms with van der Waals surface area (Å²) in [7, 11) is 1.55. The Balaban J connectivity index is 1.91. The molecule has 0 aromatic heterocycles. The monoisotopic (exact) mass is 365 g/mol. The van der Waals surface area contributed by atoms with Crippen LogP contribution in [-0.4, -0.2) is 24.7 Å². The van der Waals surface area contributed by atoms with Gasteiger partial charge in [0.2, 0.25) is 5.91 Å². The number of hydrogen-bond acceptors (Lipinski definition) is 5. The highest BCUT2D eigenvalue weighted by Crippen LogP contribution is 2.36. The molecule has 1 N–H and O–H groups in total. The second-order valence-corrected chi connectivity index (χ2v) is 6.29. The molecule has 1 saturated heterocycles. The van der Waals surface area contributed by atoms with Gasteiger partial charge in [-0.1, -0.05) is 30.0 Å². The van der Waals surface area contributed by atoms with Crippen molar-refractivity contribution < 1.29 is 14.3 Å². The molecule has 1 aliphatic heterocycles. The van der Waals surface area contributed by atoms with Crippen LogP contribution in [0.5, 0.6) is 5.75 Å². The topological polar surface area (TPSA) is 82.4 Å². The lowest BCUT2D eigenvalue weighted by molar-refractivity contribution is -0.115. The van der Waals surface area contributed by atoms with Gasteiger partial charge in [0, 0.05) is 11.4 Å². The number of para-hydroxylation sites is 1. The first-order valence-corrected chi connectivity index (χ1v) is 8.73. The zero-order valence-corrected chi connectivity index (χ0v) is 14.7. The number of rotatable bonds is 4. The first-order valence-electron chi connectivity index (χ1n) is 7.74. The van der Waals surface area contributed by atoms with Gasteiger partial charge in [-0.05, 0) is 36.4 Å². The molecule has 2 amide bonds. The van der Waals surface area contributed by atoms with E-state index in [0.29, 0.717) is 22.2 Å². The van der Waals surface area contributed by atoms with Gasteiger partial charge in [0.15, 0.2) is 0 Å². The molecule has 0 radical (unpaired) electrons. The molecule has 0 unspecified atom stereocenters. The number of amides is 2. The molecule has 0 saturated carbocycles. The molecular weight excluding hydrogens is 350 g/mol. The van der Waals surface area contributed by atoms with E-state index in [1.54, 1.807) is 55.6 Å². The minimum absolute atomic E-state index is 0.0967. The van der Waals surface area contributed by atoms with E-state index < -0.39 is 5.91 Å². The second kappa shape index (κ2) is 7.76. The molecule has 130 valence electrons. The lowest BCUT2D eigenvalue weighted by atomic mass is 10.2. The Morgan fingerprint density at radius 2 is 1.88 bits per heavy atom. The molecule has 1 heterocycles. The predicted octanol–water partition coefficient (Wildman–Crippen LogP) is 3.15. The van der Waals surface area contributed by atoms with Crippen LogP contribution in [0.3, 0.4) is 0 Å². The van der Waals surface area contributed by atoms with Crippen LogP contribution in [0.1, 0.15) is 0 Å². The van der Waals surface area contributed by atoms with E-state index in [2.05, 4.69) is 5.32 Å². The maximum absolute atomic E-state index is 12.6. The third-order valence-electron chi connectivity index (χ3n) is 3.70. The molecule has 2 aromatic rings. The highest BCUT2D eigenvalue weighted by atomic mass is 32.2. The summed E-state index contributed by atoms with van der Waals surface area (Å²) in [6.45, 7) is 0. The molecule has 6 nitrogen and oxygen atoms in total. The highest BCUT2D eigenvalue weighted by Gasteiger charge is 2.33. The summed E-state index contributed by atoms with van der Waals surface area (Å²) in [5.74, 6) is 0.122. The van der Waals surface area contributed by atoms with Gasteiger partial charge in [-0.15, -0.1) is 0 Å². The van der Waals surface area contributed by atoms with E-state index in [-0.39, 0.29) is 17.2 Å². The van der Waals surface area contributed by atoms with Crippen LogP contribution in [0, 0.1) is 11.3 Å². The molecule has 7 heteroatoms. The summed E-state index contributed by atoms with van der Waals surface area (Å²) in [5, 5.41) is 12.6. The predicted molar refractivity (Wildman–Crippen MR) is 101 cm³/mol. The first kappa shape index (κ1) is 17.6. The van der Waals surface area contributed by atoms with Crippen molar-refractivity contribution >= 4 is 35.0 Å². The molecular formula is C19H15N3O3S. The lowest BCUT2D eigenvalue weighted by Gasteiger charge is -2.18. The zero-order chi connectivity index (χ0) is 18.5. The minimum Gasteiger partial charge on any atom is -0.497 e. The Labute approximate surface area is 155 Å². The Morgan fingerprint density at radius 3 is 2.50 bits per heavy atom. The van der Waals surface area contributed by atoms with E-state index in [1.807, 2.05) is 12.1 Å². The number of nitriles is 1. The third-order valence-corrected chi connectivity index (χ3v) is 4.75. The number of benzene rings is 2. The van der Waals surface area contributed by atoms with E-state index in [9.17, 15) is 14.9 Å². The molecule has 0 aliphatic carbocycles. The summed E-state index contributed by atoms with van der Waals surface area (Å²) in [6, 6.07) is 17.7. The molecule has 1 fully saturated rings. The number of anilines is 2. The van der Waals surface area contributed by atoms with Crippen LogP contribution >= 0.6 is 11.8 Å². The fourth-order valence-corrected chi connectivity index (χ4v) is 3.47. The Bertz CT molecular complexity index is 902. The van der Waals surface area contributed by atoms with Crippen LogP contribution in [0.15, 0.2) is 65.2 Å². The van der Waals surface area contributed by atoms with Gasteiger partial charge in [0.25, 0.3) is 5.91 Å². The van der Waals surface area contributed by atoms with Crippen molar-refractivity contribution in [1.82, 2.24) is 0 Å². The Hall–Kier alpha value is -3.24. The number of methoxy groups -OCH3 is 1. The molecule has 3 rings (SSSR count). The Morgan fingerprint density at radius 1 is 1.19 bits per heavy atom. The van der Waals surface area contributed by atoms with Gasteiger partial charge in [0.05, 0.1) is 12.9 Å². The van der Waals surface area contributed by atoms with Crippen molar-refractivity contribution in [3.05, 3.63) is 65.2 Å². The highest BCUT2D eigenvalue weighted by molar-refractivity contribution is 8.04. The fourth-order valence-electron chi connectivity index (χ4n) is 2.46. The molecule has 2 aromatic carbocycles. The standard InChI is InChI=1S/C19H15N3O3S/c1-25-15-9-7-13(8-10-15)21-18(24)16(11-20)19-22(17(23)12-26-19)14-5-3-2-4-6-14/h2-10H,12H2,1H3,(H,21,24)/b19-16-. The van der Waals surface area contributed by atoms with Crippen LogP contribution in [0.2, 0.25) is 0 Å². The quantitative estimate of drug-likeness (QED) is 0.665. The molecule has 0 bridgehead atoms. The number of hydrogen-bond donors (Lipinski definition) is 1. The maximum atomic E-state index is 12.6. The summed E-state index contributed by atoms with van der Waals surface area (Å²) in [5.41, 5.74) is 1.06. The van der Waals surface area contributed by atoms with E-state index >= 15 is 0 Å². The summed E-state index contributed by atoms with van der Waals surface area (Å²) in [4.78, 5) is 26.3. The number of ether oxygens (including phenoxy) is 1. The zero-order valence-electron chi connectivity index (χ0n) is 13.9. The van der Waals surface area contributed by atoms with Crippen LogP contribution < -0.4 is 15.0 Å². The van der Waals surface area contributed by atoms with Gasteiger partial charge < -0.3 is 10.1 Å². The number of nitrogens with one attached hydrogen (secondary N) is 1. The fraction of sp³-hybridized carbons (Fsp3) is 0.105. The van der Waals surface area contributed by atoms with Gasteiger partial charge in [-0.3, -0.25) is 14.5 Å². The van der Waals surface area contributed by atoms with Crippen molar-refractivity contribution in [2.24, 2.45) is 0 Å². The van der Waals surface area contributed by atoms with Crippen molar-refractivity contribution in [3.63, 3.8) is 0 Å². The maximum Gasteiger partial charge on any atom is 0.269 e. The average molecular weight is 365 g/mol. The number of carbonyl (C=O) groups excluding carboxylic acids is 2. The van der Waals surface area contributed by atoms with Crippen molar-refractivity contribution in [1.29, 1.82) is 5.26 Å². The minimum atomic E-state index is -0.559. The number of thioether (sulfide) groups is 1. The largest absolute Gasteiger partial charge is 0.497 e. The van der Waals surface area contributed by atoms with Crippen molar-refractivity contribution in [2.45, 2.75) is 0 Å². The van der Waals surface area contributed by atoms with E-state index in [1.165, 1.54) is 16.7 Å².